The Labute approximate surface area is 203 Å². The number of amides is 1. The SMILES string of the molecule is Cc1c(C(=O)N2CC3CCC2C2CN(Cc4ccccc4)CC32)nnn1-c1ccc(F)c(Cl)c1. The molecule has 34 heavy (non-hydrogen) atoms. The molecule has 4 unspecified atom stereocenters. The number of carbonyl (C=O) groups is 1. The molecule has 0 spiro atoms. The van der Waals surface area contributed by atoms with Gasteiger partial charge in [0.1, 0.15) is 5.82 Å². The number of nitrogens with zero attached hydrogens (tertiary/aromatic N) is 5. The van der Waals surface area contributed by atoms with E-state index < -0.39 is 5.82 Å². The second-order valence-electron chi connectivity index (χ2n) is 9.90. The van der Waals surface area contributed by atoms with Crippen molar-refractivity contribution in [2.24, 2.45) is 17.8 Å². The molecule has 4 heterocycles. The molecule has 4 fully saturated rings. The number of hydrogen-bond donors (Lipinski definition) is 0. The molecule has 1 amide bonds. The molecule has 7 rings (SSSR count). The molecule has 1 saturated carbocycles. The molecule has 2 bridgehead atoms. The van der Waals surface area contributed by atoms with Gasteiger partial charge in [-0.2, -0.15) is 0 Å². The first kappa shape index (κ1) is 21.7. The van der Waals surface area contributed by atoms with E-state index in [0.717, 1.165) is 32.6 Å². The highest BCUT2D eigenvalue weighted by molar-refractivity contribution is 6.30. The second kappa shape index (κ2) is 8.47. The first-order valence-electron chi connectivity index (χ1n) is 11.9. The van der Waals surface area contributed by atoms with Gasteiger partial charge in [-0.15, -0.1) is 5.10 Å². The molecule has 8 heteroatoms. The van der Waals surface area contributed by atoms with Gasteiger partial charge in [0, 0.05) is 32.2 Å². The normalized spacial score (nSPS) is 26.1. The average Bonchev–Trinajstić information content (AvgIpc) is 3.46. The van der Waals surface area contributed by atoms with Crippen LogP contribution >= 0.6 is 11.6 Å². The second-order valence-corrected chi connectivity index (χ2v) is 10.3. The van der Waals surface area contributed by atoms with Gasteiger partial charge in [-0.05, 0) is 61.3 Å². The number of piperidine rings is 2. The fourth-order valence-corrected chi connectivity index (χ4v) is 6.57. The standard InChI is InChI=1S/C26H27ClFN5O/c1-16-25(29-30-33(16)19-8-9-23(28)22(27)11-19)26(34)32-13-18-7-10-24(32)21-15-31(14-20(18)21)12-17-5-3-2-4-6-17/h2-6,8-9,11,18,20-21,24H,7,10,12-15H2,1H3. The van der Waals surface area contributed by atoms with E-state index in [1.807, 2.05) is 6.92 Å². The van der Waals surface area contributed by atoms with Gasteiger partial charge in [0.25, 0.3) is 5.91 Å². The summed E-state index contributed by atoms with van der Waals surface area (Å²) >= 11 is 5.95. The first-order valence-corrected chi connectivity index (χ1v) is 12.3. The number of benzene rings is 2. The van der Waals surface area contributed by atoms with Crippen LogP contribution in [0.3, 0.4) is 0 Å². The summed E-state index contributed by atoms with van der Waals surface area (Å²) in [4.78, 5) is 18.3. The topological polar surface area (TPSA) is 54.3 Å². The van der Waals surface area contributed by atoms with Crippen LogP contribution in [0.4, 0.5) is 4.39 Å². The zero-order chi connectivity index (χ0) is 23.4. The molecule has 4 aliphatic rings. The zero-order valence-electron chi connectivity index (χ0n) is 19.1. The van der Waals surface area contributed by atoms with Gasteiger partial charge in [0.2, 0.25) is 0 Å². The summed E-state index contributed by atoms with van der Waals surface area (Å²) < 4.78 is 15.1. The van der Waals surface area contributed by atoms with Crippen LogP contribution < -0.4 is 0 Å². The third kappa shape index (κ3) is 3.62. The lowest BCUT2D eigenvalue weighted by Gasteiger charge is -2.51. The van der Waals surface area contributed by atoms with Crippen molar-refractivity contribution in [3.8, 4) is 5.69 Å². The number of halogens is 2. The minimum Gasteiger partial charge on any atom is -0.334 e. The van der Waals surface area contributed by atoms with Crippen molar-refractivity contribution in [3.63, 3.8) is 0 Å². The molecule has 6 nitrogen and oxygen atoms in total. The molecule has 3 aliphatic heterocycles. The molecule has 0 N–H and O–H groups in total. The summed E-state index contributed by atoms with van der Waals surface area (Å²) in [6.45, 7) is 5.73. The highest BCUT2D eigenvalue weighted by atomic mass is 35.5. The van der Waals surface area contributed by atoms with Gasteiger partial charge in [-0.3, -0.25) is 9.69 Å². The van der Waals surface area contributed by atoms with Crippen LogP contribution in [0, 0.1) is 30.5 Å². The number of hydrogen-bond acceptors (Lipinski definition) is 4. The first-order chi connectivity index (χ1) is 16.5. The van der Waals surface area contributed by atoms with Gasteiger partial charge < -0.3 is 4.90 Å². The van der Waals surface area contributed by atoms with Gasteiger partial charge in [-0.1, -0.05) is 47.1 Å². The van der Waals surface area contributed by atoms with E-state index in [9.17, 15) is 9.18 Å². The maximum absolute atomic E-state index is 13.6. The Morgan fingerprint density at radius 3 is 2.68 bits per heavy atom. The van der Waals surface area contributed by atoms with Gasteiger partial charge in [-0.25, -0.2) is 9.07 Å². The van der Waals surface area contributed by atoms with E-state index in [1.165, 1.54) is 24.1 Å². The van der Waals surface area contributed by atoms with Gasteiger partial charge >= 0.3 is 0 Å². The highest BCUT2D eigenvalue weighted by Gasteiger charge is 2.52. The lowest BCUT2D eigenvalue weighted by Crippen LogP contribution is -2.59. The number of rotatable bonds is 4. The van der Waals surface area contributed by atoms with Crippen molar-refractivity contribution in [1.82, 2.24) is 24.8 Å². The fraction of sp³-hybridized carbons (Fsp3) is 0.423. The van der Waals surface area contributed by atoms with Crippen LogP contribution in [0.5, 0.6) is 0 Å². The molecule has 176 valence electrons. The van der Waals surface area contributed by atoms with Crippen LogP contribution in [0.25, 0.3) is 5.69 Å². The van der Waals surface area contributed by atoms with E-state index in [-0.39, 0.29) is 17.0 Å². The van der Waals surface area contributed by atoms with Crippen LogP contribution in [0.2, 0.25) is 5.02 Å². The quantitative estimate of drug-likeness (QED) is 0.558. The molecule has 3 saturated heterocycles. The molecule has 1 aliphatic carbocycles. The lowest BCUT2D eigenvalue weighted by atomic mass is 9.66. The molecule has 4 atom stereocenters. The molecule has 0 radical (unpaired) electrons. The van der Waals surface area contributed by atoms with E-state index in [1.54, 1.807) is 10.7 Å². The van der Waals surface area contributed by atoms with Crippen molar-refractivity contribution in [3.05, 3.63) is 76.3 Å². The van der Waals surface area contributed by atoms with Crippen LogP contribution in [0.15, 0.2) is 48.5 Å². The Morgan fingerprint density at radius 1 is 1.09 bits per heavy atom. The smallest absolute Gasteiger partial charge is 0.276 e. The summed E-state index contributed by atoms with van der Waals surface area (Å²) in [6, 6.07) is 15.2. The Morgan fingerprint density at radius 2 is 1.88 bits per heavy atom. The van der Waals surface area contributed by atoms with Gasteiger partial charge in [0.05, 0.1) is 16.4 Å². The van der Waals surface area contributed by atoms with Crippen LogP contribution in [0.1, 0.15) is 34.6 Å². The third-order valence-corrected chi connectivity index (χ3v) is 8.30. The third-order valence-electron chi connectivity index (χ3n) is 8.01. The Balaban J connectivity index is 1.21. The zero-order valence-corrected chi connectivity index (χ0v) is 19.8. The van der Waals surface area contributed by atoms with Crippen molar-refractivity contribution >= 4 is 17.5 Å². The van der Waals surface area contributed by atoms with Crippen molar-refractivity contribution < 1.29 is 9.18 Å². The average molecular weight is 480 g/mol. The molecule has 3 aromatic rings. The van der Waals surface area contributed by atoms with E-state index in [0.29, 0.717) is 34.8 Å². The fourth-order valence-electron chi connectivity index (χ4n) is 6.39. The van der Waals surface area contributed by atoms with E-state index in [4.69, 9.17) is 11.6 Å². The summed E-state index contributed by atoms with van der Waals surface area (Å²) in [6.07, 6.45) is 2.24. The van der Waals surface area contributed by atoms with Gasteiger partial charge in [0.15, 0.2) is 5.69 Å². The van der Waals surface area contributed by atoms with Crippen molar-refractivity contribution in [2.45, 2.75) is 32.4 Å². The summed E-state index contributed by atoms with van der Waals surface area (Å²) in [5.41, 5.74) is 2.93. The minimum absolute atomic E-state index is 0.0148. The van der Waals surface area contributed by atoms with Crippen LogP contribution in [-0.2, 0) is 6.54 Å². The minimum atomic E-state index is -0.490. The predicted molar refractivity (Wildman–Crippen MR) is 127 cm³/mol. The summed E-state index contributed by atoms with van der Waals surface area (Å²) in [5, 5.41) is 8.44. The lowest BCUT2D eigenvalue weighted by molar-refractivity contribution is -0.0148. The molecular weight excluding hydrogens is 453 g/mol. The Bertz CT molecular complexity index is 1230. The monoisotopic (exact) mass is 479 g/mol. The number of carbonyl (C=O) groups excluding carboxylic acids is 1. The Kier molecular flexibility index (Phi) is 5.41. The Hall–Kier alpha value is -2.77. The van der Waals surface area contributed by atoms with Crippen LogP contribution in [-0.4, -0.2) is 56.4 Å². The largest absolute Gasteiger partial charge is 0.334 e. The molecular formula is C26H27ClFN5O. The maximum Gasteiger partial charge on any atom is 0.276 e. The molecule has 1 aromatic heterocycles. The highest BCUT2D eigenvalue weighted by Crippen LogP contribution is 2.47. The predicted octanol–water partition coefficient (Wildman–Crippen LogP) is 4.35. The number of aromatic nitrogens is 3. The summed E-state index contributed by atoms with van der Waals surface area (Å²) in [7, 11) is 0. The van der Waals surface area contributed by atoms with E-state index in [2.05, 4.69) is 50.4 Å². The number of likely N-dealkylation sites (tertiary alicyclic amines) is 1. The van der Waals surface area contributed by atoms with Crippen molar-refractivity contribution in [2.75, 3.05) is 19.6 Å². The van der Waals surface area contributed by atoms with Crippen molar-refractivity contribution in [1.29, 1.82) is 0 Å². The maximum atomic E-state index is 13.6. The van der Waals surface area contributed by atoms with E-state index >= 15 is 0 Å². The molecule has 2 aromatic carbocycles. The number of fused-ring (bicyclic) bond motifs is 2. The summed E-state index contributed by atoms with van der Waals surface area (Å²) in [5.74, 6) is 1.16.